The maximum Gasteiger partial charge on any atom is 0.314 e. The van der Waals surface area contributed by atoms with Gasteiger partial charge >= 0.3 is 5.97 Å². The Balaban J connectivity index is 1.98. The van der Waals surface area contributed by atoms with Crippen molar-refractivity contribution in [2.45, 2.75) is 45.6 Å². The molecule has 0 saturated heterocycles. The Labute approximate surface area is 151 Å². The summed E-state index contributed by atoms with van der Waals surface area (Å²) in [5.74, 6) is -2.39. The van der Waals surface area contributed by atoms with Gasteiger partial charge in [-0.3, -0.25) is 4.79 Å². The maximum absolute atomic E-state index is 15.0. The first kappa shape index (κ1) is 18.5. The second-order valence-electron chi connectivity index (χ2n) is 6.87. The van der Waals surface area contributed by atoms with Crippen LogP contribution in [0, 0.1) is 17.6 Å². The van der Waals surface area contributed by atoms with Gasteiger partial charge in [-0.15, -0.1) is 0 Å². The van der Waals surface area contributed by atoms with Crippen LogP contribution in [0.3, 0.4) is 0 Å². The summed E-state index contributed by atoms with van der Waals surface area (Å²) in [6, 6.07) is 7.83. The lowest BCUT2D eigenvalue weighted by Crippen LogP contribution is -2.28. The van der Waals surface area contributed by atoms with Crippen molar-refractivity contribution in [2.75, 3.05) is 0 Å². The zero-order valence-corrected chi connectivity index (χ0v) is 15.1. The first-order valence-corrected chi connectivity index (χ1v) is 8.83. The van der Waals surface area contributed by atoms with Crippen molar-refractivity contribution in [2.24, 2.45) is 5.92 Å². The molecule has 1 aliphatic heterocycles. The van der Waals surface area contributed by atoms with Gasteiger partial charge in [-0.05, 0) is 48.1 Å². The Kier molecular flexibility index (Phi) is 5.10. The first-order valence-electron chi connectivity index (χ1n) is 8.83. The number of aliphatic hydroxyl groups is 1. The minimum Gasteiger partial charge on any atom is -0.423 e. The number of carbonyl (C=O) groups is 1. The van der Waals surface area contributed by atoms with E-state index in [4.69, 9.17) is 4.74 Å². The number of aliphatic hydroxyl groups excluding tert-OH is 1. The summed E-state index contributed by atoms with van der Waals surface area (Å²) in [5, 5.41) is 9.56. The van der Waals surface area contributed by atoms with Crippen LogP contribution >= 0.6 is 0 Å². The normalized spacial score (nSPS) is 18.8. The standard InChI is InChI=1S/C21H22F2O3/c1-4-13-9-15-6-8-17(19(23)20(15)26-21(13)25)11(2)16-7-5-14(12(3)24)10-18(16)22/h5-8,10-13,24H,4,9H2,1-3H3. The lowest BCUT2D eigenvalue weighted by Gasteiger charge is -2.25. The molecule has 3 unspecified atom stereocenters. The molecule has 2 aromatic carbocycles. The van der Waals surface area contributed by atoms with Crippen LogP contribution < -0.4 is 4.74 Å². The van der Waals surface area contributed by atoms with Crippen molar-refractivity contribution in [1.29, 1.82) is 0 Å². The number of hydrogen-bond donors (Lipinski definition) is 1. The largest absolute Gasteiger partial charge is 0.423 e. The number of carbonyl (C=O) groups excluding carboxylic acids is 1. The molecule has 0 spiro atoms. The van der Waals surface area contributed by atoms with Gasteiger partial charge in [0.1, 0.15) is 5.82 Å². The Bertz CT molecular complexity index is 845. The van der Waals surface area contributed by atoms with E-state index in [1.165, 1.54) is 6.07 Å². The molecule has 5 heteroatoms. The van der Waals surface area contributed by atoms with E-state index >= 15 is 0 Å². The number of rotatable bonds is 4. The van der Waals surface area contributed by atoms with Crippen molar-refractivity contribution >= 4 is 5.97 Å². The fourth-order valence-corrected chi connectivity index (χ4v) is 3.38. The highest BCUT2D eigenvalue weighted by atomic mass is 19.1. The Morgan fingerprint density at radius 1 is 1.19 bits per heavy atom. The topological polar surface area (TPSA) is 46.5 Å². The monoisotopic (exact) mass is 360 g/mol. The van der Waals surface area contributed by atoms with Gasteiger partial charge in [0, 0.05) is 5.92 Å². The molecule has 2 aromatic rings. The van der Waals surface area contributed by atoms with E-state index in [2.05, 4.69) is 0 Å². The molecule has 0 amide bonds. The Morgan fingerprint density at radius 2 is 1.88 bits per heavy atom. The van der Waals surface area contributed by atoms with Gasteiger partial charge < -0.3 is 9.84 Å². The molecule has 1 aliphatic rings. The SMILES string of the molecule is CCC1Cc2ccc(C(C)c3ccc(C(C)O)cc3F)c(F)c2OC1=O. The van der Waals surface area contributed by atoms with E-state index < -0.39 is 29.6 Å². The number of benzene rings is 2. The van der Waals surface area contributed by atoms with Crippen LogP contribution in [-0.4, -0.2) is 11.1 Å². The molecule has 0 aliphatic carbocycles. The van der Waals surface area contributed by atoms with Crippen LogP contribution in [-0.2, 0) is 11.2 Å². The van der Waals surface area contributed by atoms with E-state index in [9.17, 15) is 18.7 Å². The number of esters is 1. The zero-order valence-electron chi connectivity index (χ0n) is 15.1. The predicted octanol–water partition coefficient (Wildman–Crippen LogP) is 4.66. The predicted molar refractivity (Wildman–Crippen MR) is 94.1 cm³/mol. The molecule has 3 nitrogen and oxygen atoms in total. The maximum atomic E-state index is 15.0. The number of halogens is 2. The zero-order chi connectivity index (χ0) is 19.0. The van der Waals surface area contributed by atoms with Gasteiger partial charge in [-0.2, -0.15) is 0 Å². The fraction of sp³-hybridized carbons (Fsp3) is 0.381. The summed E-state index contributed by atoms with van der Waals surface area (Å²) in [6.07, 6.45) is 0.312. The second-order valence-corrected chi connectivity index (χ2v) is 6.87. The van der Waals surface area contributed by atoms with Crippen LogP contribution in [0.1, 0.15) is 61.5 Å². The number of hydrogen-bond acceptors (Lipinski definition) is 3. The molecule has 3 atom stereocenters. The Morgan fingerprint density at radius 3 is 2.50 bits per heavy atom. The lowest BCUT2D eigenvalue weighted by molar-refractivity contribution is -0.140. The van der Waals surface area contributed by atoms with Gasteiger partial charge in [0.2, 0.25) is 0 Å². The van der Waals surface area contributed by atoms with E-state index in [0.717, 1.165) is 0 Å². The summed E-state index contributed by atoms with van der Waals surface area (Å²) < 4.78 is 34.7. The summed E-state index contributed by atoms with van der Waals surface area (Å²) in [6.45, 7) is 5.15. The van der Waals surface area contributed by atoms with E-state index in [-0.39, 0.29) is 17.2 Å². The number of ether oxygens (including phenoxy) is 1. The highest BCUT2D eigenvalue weighted by molar-refractivity contribution is 5.78. The molecule has 0 radical (unpaired) electrons. The van der Waals surface area contributed by atoms with E-state index in [1.54, 1.807) is 38.1 Å². The highest BCUT2D eigenvalue weighted by Crippen LogP contribution is 2.38. The summed E-state index contributed by atoms with van der Waals surface area (Å²) in [7, 11) is 0. The van der Waals surface area contributed by atoms with E-state index in [0.29, 0.717) is 29.5 Å². The molecule has 1 heterocycles. The van der Waals surface area contributed by atoms with Crippen molar-refractivity contribution in [3.8, 4) is 5.75 Å². The molecule has 26 heavy (non-hydrogen) atoms. The van der Waals surface area contributed by atoms with Crippen LogP contribution in [0.4, 0.5) is 8.78 Å². The van der Waals surface area contributed by atoms with Crippen molar-refractivity contribution < 1.29 is 23.4 Å². The summed E-state index contributed by atoms with van der Waals surface area (Å²) in [4.78, 5) is 12.0. The minimum absolute atomic E-state index is 0.0370. The molecule has 3 rings (SSSR count). The van der Waals surface area contributed by atoms with Crippen molar-refractivity contribution in [3.05, 3.63) is 64.2 Å². The summed E-state index contributed by atoms with van der Waals surface area (Å²) in [5.41, 5.74) is 1.72. The molecule has 0 fully saturated rings. The van der Waals surface area contributed by atoms with Crippen LogP contribution in [0.15, 0.2) is 30.3 Å². The van der Waals surface area contributed by atoms with Crippen molar-refractivity contribution in [1.82, 2.24) is 0 Å². The number of fused-ring (bicyclic) bond motifs is 1. The molecular formula is C21H22F2O3. The minimum atomic E-state index is -0.778. The highest BCUT2D eigenvalue weighted by Gasteiger charge is 2.31. The smallest absolute Gasteiger partial charge is 0.314 e. The molecular weight excluding hydrogens is 338 g/mol. The third kappa shape index (κ3) is 3.23. The Hall–Kier alpha value is -2.27. The third-order valence-electron chi connectivity index (χ3n) is 5.14. The van der Waals surface area contributed by atoms with Crippen LogP contribution in [0.25, 0.3) is 0 Å². The summed E-state index contributed by atoms with van der Waals surface area (Å²) >= 11 is 0. The fourth-order valence-electron chi connectivity index (χ4n) is 3.38. The third-order valence-corrected chi connectivity index (χ3v) is 5.14. The van der Waals surface area contributed by atoms with Gasteiger partial charge in [-0.1, -0.05) is 38.1 Å². The van der Waals surface area contributed by atoms with Gasteiger partial charge in [0.25, 0.3) is 0 Å². The average Bonchev–Trinajstić information content (AvgIpc) is 2.61. The molecule has 0 aromatic heterocycles. The quantitative estimate of drug-likeness (QED) is 0.637. The average molecular weight is 360 g/mol. The molecule has 138 valence electrons. The van der Waals surface area contributed by atoms with Gasteiger partial charge in [0.05, 0.1) is 12.0 Å². The van der Waals surface area contributed by atoms with Gasteiger partial charge in [0.15, 0.2) is 11.6 Å². The van der Waals surface area contributed by atoms with Gasteiger partial charge in [-0.25, -0.2) is 8.78 Å². The molecule has 1 N–H and O–H groups in total. The van der Waals surface area contributed by atoms with Crippen LogP contribution in [0.5, 0.6) is 5.75 Å². The molecule has 0 bridgehead atoms. The first-order chi connectivity index (χ1) is 12.3. The molecule has 0 saturated carbocycles. The van der Waals surface area contributed by atoms with Crippen molar-refractivity contribution in [3.63, 3.8) is 0 Å². The van der Waals surface area contributed by atoms with E-state index in [1.807, 2.05) is 6.92 Å². The lowest BCUT2D eigenvalue weighted by atomic mass is 9.87. The second kappa shape index (κ2) is 7.16. The van der Waals surface area contributed by atoms with Crippen LogP contribution in [0.2, 0.25) is 0 Å².